The number of halogens is 1. The summed E-state index contributed by atoms with van der Waals surface area (Å²) in [4.78, 5) is 12.9. The Morgan fingerprint density at radius 1 is 1.06 bits per heavy atom. The number of nitrogens with zero attached hydrogens (tertiary/aromatic N) is 3. The Hall–Kier alpha value is -3.77. The summed E-state index contributed by atoms with van der Waals surface area (Å²) in [6.07, 6.45) is 0. The van der Waals surface area contributed by atoms with Crippen LogP contribution in [0.25, 0.3) is 10.9 Å². The molecule has 0 spiro atoms. The lowest BCUT2D eigenvalue weighted by Gasteiger charge is -2.12. The third-order valence-electron chi connectivity index (χ3n) is 5.04. The second-order valence-electron chi connectivity index (χ2n) is 7.55. The molecule has 174 valence electrons. The number of anilines is 1. The number of hydrogen-bond donors (Lipinski definition) is 3. The Morgan fingerprint density at radius 2 is 1.82 bits per heavy atom. The van der Waals surface area contributed by atoms with Crippen LogP contribution < -0.4 is 4.72 Å². The summed E-state index contributed by atoms with van der Waals surface area (Å²) < 4.78 is 29.7. The van der Waals surface area contributed by atoms with Crippen LogP contribution in [0.2, 0.25) is 0 Å². The molecule has 34 heavy (non-hydrogen) atoms. The number of non-ortho nitro benzene ring substituents is 1. The number of benzene rings is 3. The lowest BCUT2D eigenvalue weighted by molar-refractivity contribution is -0.385. The summed E-state index contributed by atoms with van der Waals surface area (Å²) in [6.45, 7) is 3.62. The molecule has 0 atom stereocenters. The van der Waals surface area contributed by atoms with Crippen molar-refractivity contribution in [3.05, 3.63) is 80.3 Å². The molecular weight excluding hydrogens is 526 g/mol. The highest BCUT2D eigenvalue weighted by atomic mass is 79.9. The van der Waals surface area contributed by atoms with Crippen LogP contribution in [0.3, 0.4) is 0 Å². The number of aromatic hydroxyl groups is 1. The summed E-state index contributed by atoms with van der Waals surface area (Å²) in [5, 5.41) is 30.2. The number of fused-ring (bicyclic) bond motifs is 1. The zero-order valence-electron chi connectivity index (χ0n) is 17.9. The SMILES string of the molecule is Cc1ccc(NS(=O)(=O)c2cc([N+](=O)[O-])ccc2N=Nc2c(O)[nH]c3ccc(Br)cc23)c(C)c1. The topological polar surface area (TPSA) is 150 Å². The molecule has 1 aromatic heterocycles. The number of H-pyrrole nitrogens is 1. The Morgan fingerprint density at radius 3 is 2.53 bits per heavy atom. The zero-order chi connectivity index (χ0) is 24.6. The van der Waals surface area contributed by atoms with Gasteiger partial charge >= 0.3 is 0 Å². The summed E-state index contributed by atoms with van der Waals surface area (Å²) in [6, 6.07) is 13.6. The van der Waals surface area contributed by atoms with Gasteiger partial charge in [-0.15, -0.1) is 10.2 Å². The van der Waals surface area contributed by atoms with Gasteiger partial charge in [0.1, 0.15) is 10.6 Å². The minimum absolute atomic E-state index is 0.0975. The zero-order valence-corrected chi connectivity index (χ0v) is 20.3. The first-order chi connectivity index (χ1) is 16.0. The molecule has 0 aliphatic carbocycles. The molecule has 3 aromatic carbocycles. The normalized spacial score (nSPS) is 11.9. The van der Waals surface area contributed by atoms with Crippen molar-refractivity contribution in [1.82, 2.24) is 4.98 Å². The van der Waals surface area contributed by atoms with E-state index in [0.29, 0.717) is 22.2 Å². The number of aromatic amines is 1. The van der Waals surface area contributed by atoms with Crippen LogP contribution in [0.15, 0.2) is 74.2 Å². The fourth-order valence-electron chi connectivity index (χ4n) is 3.38. The van der Waals surface area contributed by atoms with E-state index in [1.165, 1.54) is 6.07 Å². The number of hydrogen-bond acceptors (Lipinski definition) is 7. The van der Waals surface area contributed by atoms with Crippen LogP contribution in [0.4, 0.5) is 22.7 Å². The molecular formula is C22H18BrN5O5S. The Kier molecular flexibility index (Phi) is 6.11. The maximum atomic E-state index is 13.2. The molecule has 0 saturated carbocycles. The summed E-state index contributed by atoms with van der Waals surface area (Å²) in [7, 11) is -4.27. The molecule has 0 amide bonds. The fraction of sp³-hybridized carbons (Fsp3) is 0.0909. The number of sulfonamides is 1. The van der Waals surface area contributed by atoms with Crippen LogP contribution in [0.1, 0.15) is 11.1 Å². The molecule has 0 saturated heterocycles. The minimum atomic E-state index is -4.27. The van der Waals surface area contributed by atoms with Crippen LogP contribution >= 0.6 is 15.9 Å². The molecule has 0 aliphatic heterocycles. The predicted octanol–water partition coefficient (Wildman–Crippen LogP) is 6.38. The maximum absolute atomic E-state index is 13.2. The van der Waals surface area contributed by atoms with Crippen LogP contribution in [0, 0.1) is 24.0 Å². The summed E-state index contributed by atoms with van der Waals surface area (Å²) in [5.74, 6) is -0.253. The number of nitrogens with one attached hydrogen (secondary N) is 2. The van der Waals surface area contributed by atoms with Gasteiger partial charge in [0.05, 0.1) is 16.1 Å². The number of rotatable bonds is 6. The third-order valence-corrected chi connectivity index (χ3v) is 6.93. The number of azo groups is 1. The quantitative estimate of drug-likeness (QED) is 0.146. The van der Waals surface area contributed by atoms with Gasteiger partial charge in [-0.3, -0.25) is 14.8 Å². The molecule has 10 nitrogen and oxygen atoms in total. The number of nitro benzene ring substituents is 1. The van der Waals surface area contributed by atoms with Gasteiger partial charge in [0.2, 0.25) is 5.88 Å². The van der Waals surface area contributed by atoms with Gasteiger partial charge in [0, 0.05) is 22.0 Å². The lowest BCUT2D eigenvalue weighted by atomic mass is 10.1. The summed E-state index contributed by atoms with van der Waals surface area (Å²) >= 11 is 3.35. The monoisotopic (exact) mass is 543 g/mol. The maximum Gasteiger partial charge on any atom is 0.270 e. The van der Waals surface area contributed by atoms with Crippen molar-refractivity contribution in [1.29, 1.82) is 0 Å². The minimum Gasteiger partial charge on any atom is -0.493 e. The highest BCUT2D eigenvalue weighted by molar-refractivity contribution is 9.10. The van der Waals surface area contributed by atoms with E-state index in [9.17, 15) is 23.6 Å². The molecule has 4 rings (SSSR count). The van der Waals surface area contributed by atoms with Crippen molar-refractivity contribution in [2.75, 3.05) is 4.72 Å². The van der Waals surface area contributed by atoms with Gasteiger partial charge in [-0.2, -0.15) is 0 Å². The van der Waals surface area contributed by atoms with Gasteiger partial charge in [0.15, 0.2) is 5.69 Å². The van der Waals surface area contributed by atoms with E-state index in [1.807, 2.05) is 13.0 Å². The third kappa shape index (κ3) is 4.63. The van der Waals surface area contributed by atoms with Gasteiger partial charge in [-0.25, -0.2) is 8.42 Å². The van der Waals surface area contributed by atoms with Gasteiger partial charge < -0.3 is 10.1 Å². The van der Waals surface area contributed by atoms with E-state index in [0.717, 1.165) is 22.2 Å². The smallest absolute Gasteiger partial charge is 0.270 e. The van der Waals surface area contributed by atoms with Gasteiger partial charge in [0.25, 0.3) is 15.7 Å². The van der Waals surface area contributed by atoms with Gasteiger partial charge in [-0.05, 0) is 49.7 Å². The average Bonchev–Trinajstić information content (AvgIpc) is 3.08. The molecule has 0 fully saturated rings. The second kappa shape index (κ2) is 8.88. The molecule has 0 unspecified atom stereocenters. The number of nitro groups is 1. The highest BCUT2D eigenvalue weighted by Gasteiger charge is 2.24. The molecule has 12 heteroatoms. The molecule has 1 heterocycles. The lowest BCUT2D eigenvalue weighted by Crippen LogP contribution is -2.14. The highest BCUT2D eigenvalue weighted by Crippen LogP contribution is 2.39. The average molecular weight is 544 g/mol. The van der Waals surface area contributed by atoms with Crippen molar-refractivity contribution < 1.29 is 18.4 Å². The van der Waals surface area contributed by atoms with E-state index in [1.54, 1.807) is 37.3 Å². The van der Waals surface area contributed by atoms with Crippen molar-refractivity contribution in [3.8, 4) is 5.88 Å². The van der Waals surface area contributed by atoms with Crippen LogP contribution in [-0.4, -0.2) is 23.4 Å². The predicted molar refractivity (Wildman–Crippen MR) is 132 cm³/mol. The first-order valence-corrected chi connectivity index (χ1v) is 12.1. The van der Waals surface area contributed by atoms with Crippen molar-refractivity contribution in [2.24, 2.45) is 10.2 Å². The Bertz CT molecular complexity index is 1580. The van der Waals surface area contributed by atoms with E-state index >= 15 is 0 Å². The standard InChI is InChI=1S/C22H18BrN5O5S/c1-12-3-6-17(13(2)9-12)27-34(32,33)20-11-15(28(30)31)5-8-19(20)25-26-21-16-10-14(23)4-7-18(16)24-22(21)29/h3-11,24,27,29H,1-2H3. The van der Waals surface area contributed by atoms with Crippen molar-refractivity contribution in [2.45, 2.75) is 18.7 Å². The van der Waals surface area contributed by atoms with Gasteiger partial charge in [-0.1, -0.05) is 33.6 Å². The van der Waals surface area contributed by atoms with E-state index in [2.05, 4.69) is 35.9 Å². The van der Waals surface area contributed by atoms with E-state index < -0.39 is 25.5 Å². The fourth-order valence-corrected chi connectivity index (χ4v) is 5.03. The largest absolute Gasteiger partial charge is 0.493 e. The second-order valence-corrected chi connectivity index (χ2v) is 10.1. The van der Waals surface area contributed by atoms with Crippen molar-refractivity contribution >= 4 is 59.6 Å². The summed E-state index contributed by atoms with van der Waals surface area (Å²) in [5.41, 5.74) is 2.12. The first kappa shape index (κ1) is 23.4. The number of aromatic nitrogens is 1. The van der Waals surface area contributed by atoms with E-state index in [4.69, 9.17) is 0 Å². The molecule has 4 aromatic rings. The Labute approximate surface area is 202 Å². The molecule has 0 aliphatic rings. The molecule has 0 radical (unpaired) electrons. The van der Waals surface area contributed by atoms with Crippen LogP contribution in [0.5, 0.6) is 5.88 Å². The van der Waals surface area contributed by atoms with Crippen LogP contribution in [-0.2, 0) is 10.0 Å². The van der Waals surface area contributed by atoms with Crippen molar-refractivity contribution in [3.63, 3.8) is 0 Å². The van der Waals surface area contributed by atoms with E-state index in [-0.39, 0.29) is 17.3 Å². The molecule has 0 bridgehead atoms. The molecule has 3 N–H and O–H groups in total. The number of aryl methyl sites for hydroxylation is 2. The first-order valence-electron chi connectivity index (χ1n) is 9.85. The Balaban J connectivity index is 1.81.